The van der Waals surface area contributed by atoms with Crippen LogP contribution >= 0.6 is 0 Å². The molecule has 15 heteroatoms. The maximum absolute atomic E-state index is 13.4. The summed E-state index contributed by atoms with van der Waals surface area (Å²) in [5.74, 6) is -3.69. The molecule has 0 amide bonds. The molecule has 0 radical (unpaired) electrons. The molecule has 132 valence electrons. The van der Waals surface area contributed by atoms with Crippen molar-refractivity contribution in [2.75, 3.05) is 7.11 Å². The molecule has 0 aromatic rings. The van der Waals surface area contributed by atoms with E-state index >= 15 is 0 Å². The average molecular weight is 361 g/mol. The number of carbonyl (C=O) groups excluding carboxylic acids is 1. The molecular weight excluding hydrogens is 358 g/mol. The Kier molecular flexibility index (Phi) is 5.00. The van der Waals surface area contributed by atoms with E-state index in [1.54, 1.807) is 0 Å². The van der Waals surface area contributed by atoms with Crippen molar-refractivity contribution in [3.05, 3.63) is 0 Å². The lowest BCUT2D eigenvalue weighted by Gasteiger charge is -2.39. The molecule has 0 aliphatic rings. The molecule has 0 aromatic carbocycles. The van der Waals surface area contributed by atoms with Gasteiger partial charge in [-0.05, 0) is 0 Å². The lowest BCUT2D eigenvalue weighted by Crippen LogP contribution is -2.72. The van der Waals surface area contributed by atoms with Gasteiger partial charge in [-0.3, -0.25) is 0 Å². The molecule has 0 heterocycles. The summed E-state index contributed by atoms with van der Waals surface area (Å²) in [4.78, 5) is 6.55. The maximum Gasteiger partial charge on any atom is 0.472 e. The van der Waals surface area contributed by atoms with Gasteiger partial charge in [0.2, 0.25) is 0 Å². The first-order chi connectivity index (χ1) is 9.35. The van der Waals surface area contributed by atoms with Gasteiger partial charge in [-0.2, -0.15) is 48.3 Å². The van der Waals surface area contributed by atoms with E-state index in [1.807, 2.05) is 0 Å². The summed E-state index contributed by atoms with van der Waals surface area (Å²) in [6, 6.07) is -7.44. The zero-order chi connectivity index (χ0) is 18.4. The van der Waals surface area contributed by atoms with Crippen molar-refractivity contribution in [1.29, 1.82) is 0 Å². The predicted octanol–water partition coefficient (Wildman–Crippen LogP) is 3.36. The zero-order valence-corrected chi connectivity index (χ0v) is 9.80. The first kappa shape index (κ1) is 20.6. The number of esters is 1. The van der Waals surface area contributed by atoms with E-state index in [-0.39, 0.29) is 7.11 Å². The van der Waals surface area contributed by atoms with Crippen LogP contribution < -0.4 is 0 Å². The van der Waals surface area contributed by atoms with Crippen LogP contribution in [0.5, 0.6) is 0 Å². The Morgan fingerprint density at radius 2 is 1.09 bits per heavy atom. The second kappa shape index (κ2) is 5.34. The molecule has 3 nitrogen and oxygen atoms in total. The van der Waals surface area contributed by atoms with Gasteiger partial charge in [0.05, 0.1) is 7.11 Å². The fraction of sp³-hybridized carbons (Fsp3) is 0.857. The largest absolute Gasteiger partial charge is 0.472 e. The van der Waals surface area contributed by atoms with E-state index in [0.717, 1.165) is 0 Å². The van der Waals surface area contributed by atoms with Gasteiger partial charge in [0, 0.05) is 0 Å². The first-order valence-electron chi connectivity index (χ1n) is 4.51. The highest BCUT2D eigenvalue weighted by Crippen LogP contribution is 2.53. The molecule has 0 aromatic heterocycles. The second-order valence-electron chi connectivity index (χ2n) is 3.46. The zero-order valence-electron chi connectivity index (χ0n) is 9.80. The number of methoxy groups -OCH3 is 1. The van der Waals surface area contributed by atoms with Gasteiger partial charge in [-0.15, -0.1) is 0 Å². The van der Waals surface area contributed by atoms with Crippen molar-refractivity contribution < 1.29 is 62.2 Å². The average Bonchev–Trinajstić information content (AvgIpc) is 2.19. The smallest absolute Gasteiger partial charge is 0.466 e. The molecule has 0 aliphatic carbocycles. The number of carbonyl (C=O) groups is 1. The molecule has 1 unspecified atom stereocenters. The molecule has 0 rings (SSSR count). The lowest BCUT2D eigenvalue weighted by molar-refractivity contribution is -0.469. The van der Waals surface area contributed by atoms with Crippen molar-refractivity contribution >= 4 is 5.97 Å². The van der Waals surface area contributed by atoms with Crippen LogP contribution in [-0.4, -0.2) is 48.5 Å². The quantitative estimate of drug-likeness (QED) is 0.439. The topological polar surface area (TPSA) is 29.5 Å². The van der Waals surface area contributed by atoms with Gasteiger partial charge in [0.1, 0.15) is 0 Å². The molecule has 22 heavy (non-hydrogen) atoms. The van der Waals surface area contributed by atoms with Crippen LogP contribution in [0.25, 0.3) is 0 Å². The minimum atomic E-state index is -7.44. The molecule has 0 saturated carbocycles. The summed E-state index contributed by atoms with van der Waals surface area (Å²) in [6.07, 6.45) is -21.5. The van der Waals surface area contributed by atoms with E-state index in [9.17, 15) is 57.5 Å². The van der Waals surface area contributed by atoms with Crippen LogP contribution in [0, 0.1) is 0 Å². The third-order valence-corrected chi connectivity index (χ3v) is 2.06. The Bertz CT molecular complexity index is 409. The summed E-state index contributed by atoms with van der Waals surface area (Å²) in [5, 5.41) is 0. The molecule has 0 spiro atoms. The van der Waals surface area contributed by atoms with Gasteiger partial charge in [0.25, 0.3) is 0 Å². The fourth-order valence-electron chi connectivity index (χ4n) is 1.17. The maximum atomic E-state index is 13.4. The SMILES string of the molecule is COC(=O)C(F)(C(F)(F)F)C(F)(F)N(C(F)(F)F)C(F)(F)F. The van der Waals surface area contributed by atoms with Gasteiger partial charge in [-0.1, -0.05) is 4.90 Å². The second-order valence-corrected chi connectivity index (χ2v) is 3.46. The highest BCUT2D eigenvalue weighted by atomic mass is 19.4. The summed E-state index contributed by atoms with van der Waals surface area (Å²) < 4.78 is 152. The van der Waals surface area contributed by atoms with Crippen LogP contribution in [0.1, 0.15) is 0 Å². The minimum absolute atomic E-state index is 0.149. The molecular formula is C7H3F12NO2. The molecule has 0 saturated heterocycles. The minimum Gasteiger partial charge on any atom is -0.466 e. The Hall–Kier alpha value is -1.41. The van der Waals surface area contributed by atoms with Crippen LogP contribution in [0.3, 0.4) is 0 Å². The van der Waals surface area contributed by atoms with Crippen molar-refractivity contribution in [2.45, 2.75) is 30.5 Å². The van der Waals surface area contributed by atoms with E-state index in [2.05, 4.69) is 4.74 Å². The normalized spacial score (nSPS) is 17.4. The highest BCUT2D eigenvalue weighted by molar-refractivity contribution is 5.82. The standard InChI is InChI=1S/C7H3F12NO2/c1-22-2(21)3(8,4(9,10)11)5(12,13)20(6(14,15)16)7(17,18)19/h1H3. The van der Waals surface area contributed by atoms with Crippen LogP contribution in [-0.2, 0) is 9.53 Å². The summed E-state index contributed by atoms with van der Waals surface area (Å²) in [7, 11) is -0.149. The summed E-state index contributed by atoms with van der Waals surface area (Å²) >= 11 is 0. The third-order valence-electron chi connectivity index (χ3n) is 2.06. The van der Waals surface area contributed by atoms with Crippen LogP contribution in [0.2, 0.25) is 0 Å². The molecule has 1 atom stereocenters. The Balaban J connectivity index is 6.50. The van der Waals surface area contributed by atoms with Crippen LogP contribution in [0.15, 0.2) is 0 Å². The summed E-state index contributed by atoms with van der Waals surface area (Å²) in [5.41, 5.74) is -6.93. The van der Waals surface area contributed by atoms with Crippen molar-refractivity contribution in [3.8, 4) is 0 Å². The molecule has 0 fully saturated rings. The molecule has 0 bridgehead atoms. The fourth-order valence-corrected chi connectivity index (χ4v) is 1.17. The van der Waals surface area contributed by atoms with E-state index < -0.39 is 41.4 Å². The van der Waals surface area contributed by atoms with Crippen molar-refractivity contribution in [1.82, 2.24) is 4.90 Å². The van der Waals surface area contributed by atoms with Gasteiger partial charge in [-0.25, -0.2) is 9.18 Å². The van der Waals surface area contributed by atoms with Crippen molar-refractivity contribution in [2.24, 2.45) is 0 Å². The number of nitrogens with zero attached hydrogens (tertiary/aromatic N) is 1. The van der Waals surface area contributed by atoms with Gasteiger partial charge >= 0.3 is 36.5 Å². The van der Waals surface area contributed by atoms with Gasteiger partial charge in [0.15, 0.2) is 0 Å². The number of hydrogen-bond donors (Lipinski definition) is 0. The van der Waals surface area contributed by atoms with E-state index in [4.69, 9.17) is 0 Å². The van der Waals surface area contributed by atoms with E-state index in [0.29, 0.717) is 0 Å². The van der Waals surface area contributed by atoms with Gasteiger partial charge < -0.3 is 4.74 Å². The Morgan fingerprint density at radius 3 is 1.27 bits per heavy atom. The Labute approximate surface area is 112 Å². The number of rotatable bonds is 3. The summed E-state index contributed by atoms with van der Waals surface area (Å²) in [6.45, 7) is 0. The third kappa shape index (κ3) is 3.17. The first-order valence-corrected chi connectivity index (χ1v) is 4.51. The lowest BCUT2D eigenvalue weighted by atomic mass is 10.0. The van der Waals surface area contributed by atoms with Crippen molar-refractivity contribution in [3.63, 3.8) is 0 Å². The highest BCUT2D eigenvalue weighted by Gasteiger charge is 2.85. The molecule has 0 N–H and O–H groups in total. The monoisotopic (exact) mass is 361 g/mol. The van der Waals surface area contributed by atoms with Crippen LogP contribution in [0.4, 0.5) is 52.7 Å². The number of halogens is 12. The number of ether oxygens (including phenoxy) is 1. The molecule has 0 aliphatic heterocycles. The predicted molar refractivity (Wildman–Crippen MR) is 40.8 cm³/mol. The number of alkyl halides is 12. The number of hydrogen-bond acceptors (Lipinski definition) is 3. The van der Waals surface area contributed by atoms with E-state index in [1.165, 1.54) is 0 Å². The Morgan fingerprint density at radius 1 is 0.773 bits per heavy atom.